The smallest absolute Gasteiger partial charge is 0.300 e. The number of Topliss-reactive ketones (excluding diaryl/α,β-unsaturated/α-hetero) is 1. The summed E-state index contributed by atoms with van der Waals surface area (Å²) in [5.74, 6) is -0.343. The summed E-state index contributed by atoms with van der Waals surface area (Å²) in [7, 11) is 0. The molecule has 0 saturated carbocycles. The summed E-state index contributed by atoms with van der Waals surface area (Å²) in [5, 5.41) is 21.1. The molecule has 1 amide bonds. The van der Waals surface area contributed by atoms with E-state index < -0.39 is 17.7 Å². The molecule has 1 saturated heterocycles. The molecule has 1 aliphatic heterocycles. The van der Waals surface area contributed by atoms with Crippen LogP contribution in [0.2, 0.25) is 0 Å². The number of aromatic hydroxyl groups is 1. The molecule has 1 atom stereocenters. The number of phenols is 1. The van der Waals surface area contributed by atoms with Crippen LogP contribution in [0.3, 0.4) is 0 Å². The molecule has 2 N–H and O–H groups in total. The molecule has 186 valence electrons. The van der Waals surface area contributed by atoms with Crippen LogP contribution in [-0.2, 0) is 9.59 Å². The predicted octanol–water partition coefficient (Wildman–Crippen LogP) is 6.18. The van der Waals surface area contributed by atoms with Gasteiger partial charge in [0.2, 0.25) is 0 Å². The summed E-state index contributed by atoms with van der Waals surface area (Å²) in [4.78, 5) is 28.0. The van der Waals surface area contributed by atoms with Gasteiger partial charge in [-0.05, 0) is 71.5 Å². The van der Waals surface area contributed by atoms with E-state index in [9.17, 15) is 19.8 Å². The van der Waals surface area contributed by atoms with Crippen molar-refractivity contribution in [2.75, 3.05) is 11.5 Å². The van der Waals surface area contributed by atoms with Crippen molar-refractivity contribution in [2.24, 2.45) is 5.92 Å². The van der Waals surface area contributed by atoms with E-state index in [4.69, 9.17) is 4.74 Å². The van der Waals surface area contributed by atoms with Crippen LogP contribution in [0.5, 0.6) is 11.5 Å². The first-order chi connectivity index (χ1) is 17.2. The maximum absolute atomic E-state index is 13.3. The maximum atomic E-state index is 13.3. The molecule has 4 rings (SSSR count). The van der Waals surface area contributed by atoms with Crippen molar-refractivity contribution in [1.82, 2.24) is 0 Å². The number of amides is 1. The van der Waals surface area contributed by atoms with Gasteiger partial charge in [0.1, 0.15) is 17.3 Å². The molecule has 0 spiro atoms. The van der Waals surface area contributed by atoms with E-state index in [0.717, 1.165) is 5.56 Å². The van der Waals surface area contributed by atoms with E-state index in [2.05, 4.69) is 27.7 Å². The van der Waals surface area contributed by atoms with E-state index >= 15 is 0 Å². The zero-order chi connectivity index (χ0) is 26.0. The van der Waals surface area contributed by atoms with E-state index in [-0.39, 0.29) is 17.1 Å². The molecule has 6 heteroatoms. The van der Waals surface area contributed by atoms with Gasteiger partial charge in [-0.1, -0.05) is 52.0 Å². The fourth-order valence-corrected chi connectivity index (χ4v) is 4.22. The first-order valence-electron chi connectivity index (χ1n) is 12.1. The summed E-state index contributed by atoms with van der Waals surface area (Å²) in [5.41, 5.74) is 2.66. The molecule has 1 heterocycles. The summed E-state index contributed by atoms with van der Waals surface area (Å²) in [6.07, 6.45) is 0. The van der Waals surface area contributed by atoms with Gasteiger partial charge in [0.15, 0.2) is 0 Å². The molecule has 3 aromatic rings. The molecule has 1 aliphatic rings. The predicted molar refractivity (Wildman–Crippen MR) is 140 cm³/mol. The maximum Gasteiger partial charge on any atom is 0.300 e. The van der Waals surface area contributed by atoms with Crippen molar-refractivity contribution in [3.8, 4) is 11.5 Å². The SMILES string of the molecule is CC(C)COc1ccc(/C(O)=C2\C(=O)C(=O)N(c3ccc(C(C)C)cc3)C2c2ccc(O)cc2)cc1. The zero-order valence-electron chi connectivity index (χ0n) is 20.9. The van der Waals surface area contributed by atoms with Gasteiger partial charge in [0.25, 0.3) is 11.7 Å². The quantitative estimate of drug-likeness (QED) is 0.237. The Hall–Kier alpha value is -4.06. The van der Waals surface area contributed by atoms with Gasteiger partial charge in [-0.25, -0.2) is 0 Å². The fourth-order valence-electron chi connectivity index (χ4n) is 4.22. The topological polar surface area (TPSA) is 87.1 Å². The number of rotatable bonds is 7. The lowest BCUT2D eigenvalue weighted by Gasteiger charge is -2.26. The molecule has 6 nitrogen and oxygen atoms in total. The second-order valence-electron chi connectivity index (χ2n) is 9.74. The monoisotopic (exact) mass is 485 g/mol. The molecule has 0 bridgehead atoms. The van der Waals surface area contributed by atoms with E-state index in [1.54, 1.807) is 36.4 Å². The summed E-state index contributed by atoms with van der Waals surface area (Å²) in [6.45, 7) is 8.83. The zero-order valence-corrected chi connectivity index (χ0v) is 20.9. The van der Waals surface area contributed by atoms with Crippen LogP contribution >= 0.6 is 0 Å². The third-order valence-corrected chi connectivity index (χ3v) is 6.20. The van der Waals surface area contributed by atoms with E-state index in [0.29, 0.717) is 41.0 Å². The first-order valence-corrected chi connectivity index (χ1v) is 12.1. The summed E-state index contributed by atoms with van der Waals surface area (Å²) in [6, 6.07) is 19.7. The normalized spacial score (nSPS) is 17.3. The summed E-state index contributed by atoms with van der Waals surface area (Å²) >= 11 is 0. The number of carbonyl (C=O) groups is 2. The number of aliphatic hydroxyl groups is 1. The second kappa shape index (κ2) is 10.3. The van der Waals surface area contributed by atoms with Crippen LogP contribution in [0.15, 0.2) is 78.4 Å². The average Bonchev–Trinajstić information content (AvgIpc) is 3.13. The Morgan fingerprint density at radius 2 is 1.50 bits per heavy atom. The number of hydrogen-bond donors (Lipinski definition) is 2. The van der Waals surface area contributed by atoms with Crippen LogP contribution in [-0.4, -0.2) is 28.5 Å². The highest BCUT2D eigenvalue weighted by Gasteiger charge is 2.47. The number of carbonyl (C=O) groups excluding carboxylic acids is 2. The Bertz CT molecular complexity index is 1270. The average molecular weight is 486 g/mol. The van der Waals surface area contributed by atoms with Gasteiger partial charge in [0, 0.05) is 11.3 Å². The molecule has 1 fully saturated rings. The lowest BCUT2D eigenvalue weighted by atomic mass is 9.95. The Morgan fingerprint density at radius 1 is 0.889 bits per heavy atom. The minimum Gasteiger partial charge on any atom is -0.508 e. The highest BCUT2D eigenvalue weighted by Crippen LogP contribution is 2.42. The Balaban J connectivity index is 1.80. The van der Waals surface area contributed by atoms with E-state index in [1.165, 1.54) is 17.0 Å². The Kier molecular flexibility index (Phi) is 7.15. The minimum absolute atomic E-state index is 0.00512. The van der Waals surface area contributed by atoms with Gasteiger partial charge >= 0.3 is 0 Å². The molecule has 3 aromatic carbocycles. The molecule has 36 heavy (non-hydrogen) atoms. The van der Waals surface area contributed by atoms with Crippen molar-refractivity contribution in [3.05, 3.63) is 95.1 Å². The second-order valence-corrected chi connectivity index (χ2v) is 9.74. The summed E-state index contributed by atoms with van der Waals surface area (Å²) < 4.78 is 5.72. The highest BCUT2D eigenvalue weighted by atomic mass is 16.5. The van der Waals surface area contributed by atoms with Crippen molar-refractivity contribution in [2.45, 2.75) is 39.7 Å². The number of benzene rings is 3. The Labute approximate surface area is 211 Å². The van der Waals surface area contributed by atoms with Crippen molar-refractivity contribution in [3.63, 3.8) is 0 Å². The standard InChI is InChI=1S/C30H31NO5/c1-18(2)17-36-25-15-9-22(10-16-25)28(33)26-27(21-7-13-24(32)14-8-21)31(30(35)29(26)34)23-11-5-20(6-12-23)19(3)4/h5-16,18-19,27,32-33H,17H2,1-4H3/b28-26+. The number of anilines is 1. The van der Waals surface area contributed by atoms with Gasteiger partial charge in [-0.2, -0.15) is 0 Å². The molecule has 0 aliphatic carbocycles. The number of ether oxygens (including phenoxy) is 1. The third-order valence-electron chi connectivity index (χ3n) is 6.20. The highest BCUT2D eigenvalue weighted by molar-refractivity contribution is 6.51. The molecule has 0 aromatic heterocycles. The van der Waals surface area contributed by atoms with E-state index in [1.807, 2.05) is 24.3 Å². The van der Waals surface area contributed by atoms with Crippen LogP contribution in [0.1, 0.15) is 56.3 Å². The van der Waals surface area contributed by atoms with Crippen LogP contribution in [0, 0.1) is 5.92 Å². The van der Waals surface area contributed by atoms with Gasteiger partial charge in [-0.15, -0.1) is 0 Å². The lowest BCUT2D eigenvalue weighted by Crippen LogP contribution is -2.29. The number of nitrogens with zero attached hydrogens (tertiary/aromatic N) is 1. The first kappa shape index (κ1) is 25.0. The van der Waals surface area contributed by atoms with Crippen LogP contribution in [0.4, 0.5) is 5.69 Å². The van der Waals surface area contributed by atoms with Crippen molar-refractivity contribution in [1.29, 1.82) is 0 Å². The number of hydrogen-bond acceptors (Lipinski definition) is 5. The number of aliphatic hydroxyl groups excluding tert-OH is 1. The van der Waals surface area contributed by atoms with Crippen LogP contribution in [0.25, 0.3) is 5.76 Å². The molecular weight excluding hydrogens is 454 g/mol. The van der Waals surface area contributed by atoms with Crippen LogP contribution < -0.4 is 9.64 Å². The van der Waals surface area contributed by atoms with Gasteiger partial charge in [0.05, 0.1) is 18.2 Å². The lowest BCUT2D eigenvalue weighted by molar-refractivity contribution is -0.132. The molecule has 0 radical (unpaired) electrons. The third kappa shape index (κ3) is 4.98. The number of phenolic OH excluding ortho intramolecular Hbond substituents is 1. The van der Waals surface area contributed by atoms with Crippen molar-refractivity contribution >= 4 is 23.1 Å². The molecular formula is C30H31NO5. The molecule has 1 unspecified atom stereocenters. The fraction of sp³-hybridized carbons (Fsp3) is 0.267. The minimum atomic E-state index is -0.854. The van der Waals surface area contributed by atoms with Crippen molar-refractivity contribution < 1.29 is 24.5 Å². The Morgan fingerprint density at radius 3 is 2.06 bits per heavy atom. The van der Waals surface area contributed by atoms with Gasteiger partial charge < -0.3 is 14.9 Å². The largest absolute Gasteiger partial charge is 0.508 e. The van der Waals surface area contributed by atoms with Gasteiger partial charge in [-0.3, -0.25) is 14.5 Å². The number of ketones is 1.